The normalized spacial score (nSPS) is 10.9. The van der Waals surface area contributed by atoms with Crippen LogP contribution in [0.5, 0.6) is 5.75 Å². The Hall–Kier alpha value is -3.09. The number of hydrogen-bond acceptors (Lipinski definition) is 5. The monoisotopic (exact) mass is 369 g/mol. The van der Waals surface area contributed by atoms with Gasteiger partial charge in [0.1, 0.15) is 18.1 Å². The second-order valence-corrected chi connectivity index (χ2v) is 6.52. The Bertz CT molecular complexity index is 1020. The van der Waals surface area contributed by atoms with Crippen molar-refractivity contribution in [3.63, 3.8) is 0 Å². The van der Waals surface area contributed by atoms with E-state index in [4.69, 9.17) is 9.26 Å². The highest BCUT2D eigenvalue weighted by atomic mass is 16.5. The zero-order chi connectivity index (χ0) is 19.4. The van der Waals surface area contributed by atoms with Crippen LogP contribution in [0.1, 0.15) is 43.2 Å². The molecule has 0 bridgehead atoms. The van der Waals surface area contributed by atoms with E-state index in [1.165, 1.54) is 6.07 Å². The lowest BCUT2D eigenvalue weighted by atomic mass is 10.2. The van der Waals surface area contributed by atoms with Gasteiger partial charge in [0.15, 0.2) is 5.65 Å². The molecule has 2 heterocycles. The molecule has 7 nitrogen and oxygen atoms in total. The molecule has 0 aliphatic carbocycles. The smallest absolute Gasteiger partial charge is 0.287 e. The van der Waals surface area contributed by atoms with Gasteiger partial charge < -0.3 is 14.6 Å². The zero-order valence-electron chi connectivity index (χ0n) is 15.7. The molecule has 0 radical (unpaired) electrons. The molecule has 2 aromatic heterocycles. The van der Waals surface area contributed by atoms with Gasteiger partial charge in [-0.3, -0.25) is 9.59 Å². The fourth-order valence-electron chi connectivity index (χ4n) is 2.70. The van der Waals surface area contributed by atoms with E-state index >= 15 is 0 Å². The summed E-state index contributed by atoms with van der Waals surface area (Å²) in [6.07, 6.45) is 2.27. The standard InChI is InChI=1S/C20H23N3O4/c1-4-5-6-19(24)22-16-8-7-13(2)9-17(16)26-12-15-11-20(25)23-18(21-15)10-14(3)27-23/h7-11H,4-6,12H2,1-3H3,(H,22,24). The summed E-state index contributed by atoms with van der Waals surface area (Å²) in [6.45, 7) is 5.85. The first kappa shape index (κ1) is 18.7. The van der Waals surface area contributed by atoms with Gasteiger partial charge in [0.2, 0.25) is 5.91 Å². The third-order valence-electron chi connectivity index (χ3n) is 4.07. The topological polar surface area (TPSA) is 85.8 Å². The Kier molecular flexibility index (Phi) is 5.59. The summed E-state index contributed by atoms with van der Waals surface area (Å²) in [5, 5.41) is 2.89. The van der Waals surface area contributed by atoms with Crippen molar-refractivity contribution in [2.75, 3.05) is 5.32 Å². The van der Waals surface area contributed by atoms with E-state index in [1.54, 1.807) is 13.0 Å². The van der Waals surface area contributed by atoms with Crippen molar-refractivity contribution in [1.29, 1.82) is 0 Å². The maximum Gasteiger partial charge on any atom is 0.287 e. The van der Waals surface area contributed by atoms with E-state index in [9.17, 15) is 9.59 Å². The van der Waals surface area contributed by atoms with Crippen LogP contribution < -0.4 is 15.6 Å². The molecule has 3 rings (SSSR count). The van der Waals surface area contributed by atoms with Gasteiger partial charge in [-0.2, -0.15) is 0 Å². The van der Waals surface area contributed by atoms with Crippen molar-refractivity contribution < 1.29 is 14.1 Å². The van der Waals surface area contributed by atoms with Crippen LogP contribution in [0.2, 0.25) is 0 Å². The van der Waals surface area contributed by atoms with E-state index < -0.39 is 0 Å². The molecule has 3 aromatic rings. The summed E-state index contributed by atoms with van der Waals surface area (Å²) in [4.78, 5) is 28.5. The molecule has 1 aromatic carbocycles. The summed E-state index contributed by atoms with van der Waals surface area (Å²) in [5.41, 5.74) is 2.25. The van der Waals surface area contributed by atoms with Crippen LogP contribution in [0.25, 0.3) is 5.65 Å². The predicted molar refractivity (Wildman–Crippen MR) is 102 cm³/mol. The van der Waals surface area contributed by atoms with Crippen LogP contribution in [-0.4, -0.2) is 15.5 Å². The maximum absolute atomic E-state index is 12.1. The fourth-order valence-corrected chi connectivity index (χ4v) is 2.70. The number of fused-ring (bicyclic) bond motifs is 1. The summed E-state index contributed by atoms with van der Waals surface area (Å²) in [6, 6.07) is 8.65. The quantitative estimate of drug-likeness (QED) is 0.687. The highest BCUT2D eigenvalue weighted by Crippen LogP contribution is 2.27. The van der Waals surface area contributed by atoms with Crippen LogP contribution in [0.3, 0.4) is 0 Å². The highest BCUT2D eigenvalue weighted by molar-refractivity contribution is 5.92. The minimum atomic E-state index is -0.302. The molecular formula is C20H23N3O4. The van der Waals surface area contributed by atoms with Crippen LogP contribution in [0.4, 0.5) is 5.69 Å². The largest absolute Gasteiger partial charge is 0.485 e. The average Bonchev–Trinajstić information content (AvgIpc) is 3.01. The molecule has 0 aliphatic heterocycles. The lowest BCUT2D eigenvalue weighted by Gasteiger charge is -2.13. The van der Waals surface area contributed by atoms with Crippen molar-refractivity contribution in [2.24, 2.45) is 0 Å². The molecule has 0 fully saturated rings. The number of ether oxygens (including phenoxy) is 1. The predicted octanol–water partition coefficient (Wildman–Crippen LogP) is 3.61. The third kappa shape index (κ3) is 4.55. The van der Waals surface area contributed by atoms with Crippen LogP contribution in [0, 0.1) is 13.8 Å². The number of nitrogens with zero attached hydrogens (tertiary/aromatic N) is 2. The number of aryl methyl sites for hydroxylation is 2. The zero-order valence-corrected chi connectivity index (χ0v) is 15.7. The molecule has 0 saturated carbocycles. The van der Waals surface area contributed by atoms with Crippen molar-refractivity contribution in [1.82, 2.24) is 9.56 Å². The van der Waals surface area contributed by atoms with Gasteiger partial charge in [0.25, 0.3) is 5.56 Å². The third-order valence-corrected chi connectivity index (χ3v) is 4.07. The van der Waals surface area contributed by atoms with Crippen molar-refractivity contribution >= 4 is 17.2 Å². The van der Waals surface area contributed by atoms with Gasteiger partial charge in [-0.05, 0) is 38.0 Å². The van der Waals surface area contributed by atoms with Gasteiger partial charge in [-0.25, -0.2) is 4.98 Å². The number of anilines is 1. The van der Waals surface area contributed by atoms with Crippen molar-refractivity contribution in [2.45, 2.75) is 46.6 Å². The molecule has 0 spiro atoms. The Morgan fingerprint density at radius 2 is 2.07 bits per heavy atom. The first-order valence-electron chi connectivity index (χ1n) is 8.99. The number of hydrogen-bond donors (Lipinski definition) is 1. The average molecular weight is 369 g/mol. The Morgan fingerprint density at radius 1 is 1.26 bits per heavy atom. The lowest BCUT2D eigenvalue weighted by molar-refractivity contribution is -0.116. The molecule has 1 amide bonds. The minimum absolute atomic E-state index is 0.0442. The lowest BCUT2D eigenvalue weighted by Crippen LogP contribution is -2.15. The first-order valence-corrected chi connectivity index (χ1v) is 8.99. The Labute approximate surface area is 156 Å². The minimum Gasteiger partial charge on any atom is -0.485 e. The first-order chi connectivity index (χ1) is 13.0. The molecular weight excluding hydrogens is 346 g/mol. The highest BCUT2D eigenvalue weighted by Gasteiger charge is 2.11. The number of carbonyl (C=O) groups is 1. The number of aromatic nitrogens is 2. The van der Waals surface area contributed by atoms with Gasteiger partial charge in [-0.1, -0.05) is 19.4 Å². The molecule has 0 atom stereocenters. The second kappa shape index (κ2) is 8.07. The van der Waals surface area contributed by atoms with Crippen LogP contribution in [-0.2, 0) is 11.4 Å². The SMILES string of the molecule is CCCCC(=O)Nc1ccc(C)cc1OCc1cc(=O)n2oc(C)cc2n1. The molecule has 1 N–H and O–H groups in total. The summed E-state index contributed by atoms with van der Waals surface area (Å²) in [7, 11) is 0. The molecule has 27 heavy (non-hydrogen) atoms. The van der Waals surface area contributed by atoms with Gasteiger partial charge in [-0.15, -0.1) is 4.57 Å². The van der Waals surface area contributed by atoms with E-state index in [-0.39, 0.29) is 18.1 Å². The number of nitrogens with one attached hydrogen (secondary N) is 1. The summed E-state index contributed by atoms with van der Waals surface area (Å²) in [5.74, 6) is 1.11. The van der Waals surface area contributed by atoms with Gasteiger partial charge in [0, 0.05) is 18.6 Å². The molecule has 0 aliphatic rings. The molecule has 142 valence electrons. The number of amides is 1. The van der Waals surface area contributed by atoms with E-state index in [2.05, 4.69) is 10.3 Å². The maximum atomic E-state index is 12.1. The van der Waals surface area contributed by atoms with Crippen LogP contribution >= 0.6 is 0 Å². The van der Waals surface area contributed by atoms with Crippen molar-refractivity contribution in [3.8, 4) is 5.75 Å². The van der Waals surface area contributed by atoms with E-state index in [1.807, 2.05) is 32.0 Å². The van der Waals surface area contributed by atoms with Crippen LogP contribution in [0.15, 0.2) is 39.6 Å². The Balaban J connectivity index is 1.78. The van der Waals surface area contributed by atoms with E-state index in [0.717, 1.165) is 23.0 Å². The van der Waals surface area contributed by atoms with Gasteiger partial charge >= 0.3 is 0 Å². The summed E-state index contributed by atoms with van der Waals surface area (Å²) < 4.78 is 12.3. The number of carbonyl (C=O) groups excluding carboxylic acids is 1. The second-order valence-electron chi connectivity index (χ2n) is 6.52. The fraction of sp³-hybridized carbons (Fsp3) is 0.350. The summed E-state index contributed by atoms with van der Waals surface area (Å²) >= 11 is 0. The number of benzene rings is 1. The number of rotatable bonds is 7. The number of unbranched alkanes of at least 4 members (excludes halogenated alkanes) is 1. The molecule has 7 heteroatoms. The Morgan fingerprint density at radius 3 is 2.85 bits per heavy atom. The molecule has 0 unspecified atom stereocenters. The molecule has 0 saturated heterocycles. The van der Waals surface area contributed by atoms with Gasteiger partial charge in [0.05, 0.1) is 11.4 Å². The van der Waals surface area contributed by atoms with E-state index in [0.29, 0.717) is 35.0 Å². The van der Waals surface area contributed by atoms with Crippen molar-refractivity contribution in [3.05, 3.63) is 57.7 Å².